The zero-order valence-electron chi connectivity index (χ0n) is 47.1. The molecule has 0 radical (unpaired) electrons. The second kappa shape index (κ2) is 20.9. The highest BCUT2D eigenvalue weighted by molar-refractivity contribution is 6.28. The van der Waals surface area contributed by atoms with Gasteiger partial charge in [0.25, 0.3) is 0 Å². The van der Waals surface area contributed by atoms with E-state index in [1.165, 1.54) is 21.5 Å². The normalized spacial score (nSPS) is 11.6. The highest BCUT2D eigenvalue weighted by atomic mass is 16.3. The lowest BCUT2D eigenvalue weighted by molar-refractivity contribution is 0.663. The number of rotatable bonds is 8. The summed E-state index contributed by atoms with van der Waals surface area (Å²) in [5.41, 5.74) is 15.6. The average molecular weight is 1130 g/mol. The molecule has 0 aliphatic heterocycles. The Morgan fingerprint density at radius 1 is 0.205 bits per heavy atom. The van der Waals surface area contributed by atoms with Gasteiger partial charge in [0.1, 0.15) is 22.3 Å². The molecule has 0 saturated carbocycles. The second-order valence-electron chi connectivity index (χ2n) is 21.7. The first-order chi connectivity index (χ1) is 43.6. The van der Waals surface area contributed by atoms with Crippen molar-refractivity contribution < 1.29 is 8.83 Å². The predicted molar refractivity (Wildman–Crippen MR) is 356 cm³/mol. The van der Waals surface area contributed by atoms with Gasteiger partial charge in [-0.1, -0.05) is 206 Å². The molecule has 0 saturated heterocycles. The molecule has 6 aromatic heterocycles. The van der Waals surface area contributed by atoms with E-state index in [0.29, 0.717) is 34.9 Å². The second-order valence-corrected chi connectivity index (χ2v) is 21.7. The van der Waals surface area contributed by atoms with Gasteiger partial charge in [-0.2, -0.15) is 0 Å². The fourth-order valence-corrected chi connectivity index (χ4v) is 12.5. The Bertz CT molecular complexity index is 5560. The highest BCUT2D eigenvalue weighted by Gasteiger charge is 2.22. The maximum absolute atomic E-state index is 6.53. The van der Waals surface area contributed by atoms with Gasteiger partial charge >= 0.3 is 0 Å². The van der Waals surface area contributed by atoms with Crippen LogP contribution in [0, 0.1) is 0 Å². The van der Waals surface area contributed by atoms with Gasteiger partial charge < -0.3 is 18.0 Å². The van der Waals surface area contributed by atoms with Crippen LogP contribution >= 0.6 is 0 Å². The van der Waals surface area contributed by atoms with Crippen molar-refractivity contribution in [2.24, 2.45) is 0 Å². The predicted octanol–water partition coefficient (Wildman–Crippen LogP) is 19.7. The molecule has 0 atom stereocenters. The van der Waals surface area contributed by atoms with E-state index in [2.05, 4.69) is 155 Å². The molecule has 88 heavy (non-hydrogen) atoms. The van der Waals surface area contributed by atoms with Crippen LogP contribution in [0.15, 0.2) is 300 Å². The van der Waals surface area contributed by atoms with Crippen molar-refractivity contribution in [3.63, 3.8) is 0 Å². The molecule has 0 spiro atoms. The standard InChI is InChI=1S/2C39H24N4O/c1-3-12-25(13-4-1)37-40-38(26-14-5-2-6-15-26)42-39(41-37)27-16-9-17-28(24-27)43-31-20-10-19-30-29-18-7-8-22-33(29)44-34-23-11-21-32(43)36(34)35(30)31;1-3-11-25(12-4-1)37-40-38(26-13-5-2-6-14-26)42-39(41-37)27-21-23-28(24-22-27)43-31-17-9-16-30-29-15-7-8-19-33(29)44-34-20-10-18-32(43)36(34)35(30)31/h2*1-24H. The molecule has 10 heteroatoms. The molecule has 12 aromatic carbocycles. The molecule has 0 bridgehead atoms. The molecular weight excluding hydrogens is 1080 g/mol. The minimum absolute atomic E-state index is 0.625. The summed E-state index contributed by atoms with van der Waals surface area (Å²) in [5, 5.41) is 9.15. The van der Waals surface area contributed by atoms with Crippen LogP contribution in [0.2, 0.25) is 0 Å². The minimum atomic E-state index is 0.625. The summed E-state index contributed by atoms with van der Waals surface area (Å²) in [4.78, 5) is 29.5. The van der Waals surface area contributed by atoms with Gasteiger partial charge in [-0.25, -0.2) is 29.9 Å². The summed E-state index contributed by atoms with van der Waals surface area (Å²) in [6, 6.07) is 99.3. The zero-order chi connectivity index (χ0) is 58.1. The third kappa shape index (κ3) is 8.57. The molecule has 0 aliphatic rings. The quantitative estimate of drug-likeness (QED) is 0.148. The van der Waals surface area contributed by atoms with E-state index < -0.39 is 0 Å². The van der Waals surface area contributed by atoms with Gasteiger partial charge in [0.05, 0.1) is 32.8 Å². The maximum Gasteiger partial charge on any atom is 0.164 e. The number of benzene rings is 12. The largest absolute Gasteiger partial charge is 0.456 e. The third-order valence-corrected chi connectivity index (χ3v) is 16.5. The molecule has 0 N–H and O–H groups in total. The lowest BCUT2D eigenvalue weighted by Crippen LogP contribution is -2.01. The monoisotopic (exact) mass is 1130 g/mol. The van der Waals surface area contributed by atoms with Crippen LogP contribution in [0.5, 0.6) is 0 Å². The number of nitrogens with zero attached hydrogens (tertiary/aromatic N) is 8. The molecule has 0 unspecified atom stereocenters. The van der Waals surface area contributed by atoms with Crippen LogP contribution in [-0.4, -0.2) is 39.0 Å². The molecule has 10 nitrogen and oxygen atoms in total. The Morgan fingerprint density at radius 2 is 0.500 bits per heavy atom. The Kier molecular flexibility index (Phi) is 12.0. The first-order valence-corrected chi connectivity index (χ1v) is 29.3. The summed E-state index contributed by atoms with van der Waals surface area (Å²) >= 11 is 0. The maximum atomic E-state index is 6.53. The van der Waals surface area contributed by atoms with Gasteiger partial charge in [0.2, 0.25) is 0 Å². The van der Waals surface area contributed by atoms with E-state index in [1.807, 2.05) is 146 Å². The molecule has 0 aliphatic carbocycles. The lowest BCUT2D eigenvalue weighted by atomic mass is 10.1. The Hall–Kier alpha value is -12.1. The number of hydrogen-bond acceptors (Lipinski definition) is 8. The van der Waals surface area contributed by atoms with E-state index in [1.54, 1.807) is 0 Å². The summed E-state index contributed by atoms with van der Waals surface area (Å²) < 4.78 is 17.7. The molecule has 0 fully saturated rings. The summed E-state index contributed by atoms with van der Waals surface area (Å²) in [5.74, 6) is 3.84. The van der Waals surface area contributed by atoms with Gasteiger partial charge in [0, 0.05) is 66.3 Å². The Labute approximate surface area is 503 Å². The van der Waals surface area contributed by atoms with Gasteiger partial charge in [-0.15, -0.1) is 0 Å². The Morgan fingerprint density at radius 3 is 0.920 bits per heavy atom. The van der Waals surface area contributed by atoms with E-state index in [0.717, 1.165) is 111 Å². The molecule has 18 aromatic rings. The smallest absolute Gasteiger partial charge is 0.164 e. The highest BCUT2D eigenvalue weighted by Crippen LogP contribution is 2.43. The van der Waals surface area contributed by atoms with Crippen LogP contribution in [0.3, 0.4) is 0 Å². The topological polar surface area (TPSA) is 113 Å². The SMILES string of the molecule is c1ccc(-c2nc(-c3ccccc3)nc(-c3ccc(-n4c5cccc6oc7ccccc7c7cccc4c7c65)cc3)n2)cc1.c1ccc(-c2nc(-c3ccccc3)nc(-c3cccc(-n4c5cccc6oc7ccccc7c7cccc4c7c65)c3)n2)cc1. The van der Waals surface area contributed by atoms with Crippen molar-refractivity contribution in [1.29, 1.82) is 0 Å². The molecule has 412 valence electrons. The van der Waals surface area contributed by atoms with Gasteiger partial charge in [-0.3, -0.25) is 0 Å². The number of aromatic nitrogens is 8. The zero-order valence-corrected chi connectivity index (χ0v) is 47.1. The van der Waals surface area contributed by atoms with E-state index in [9.17, 15) is 0 Å². The third-order valence-electron chi connectivity index (χ3n) is 16.5. The van der Waals surface area contributed by atoms with Crippen LogP contribution in [0.1, 0.15) is 0 Å². The summed E-state index contributed by atoms with van der Waals surface area (Å²) in [7, 11) is 0. The van der Waals surface area contributed by atoms with E-state index >= 15 is 0 Å². The molecule has 0 amide bonds. The van der Waals surface area contributed by atoms with E-state index in [4.69, 9.17) is 38.7 Å². The van der Waals surface area contributed by atoms with Crippen molar-refractivity contribution in [1.82, 2.24) is 39.0 Å². The number of fused-ring (bicyclic) bond motifs is 4. The Balaban J connectivity index is 0.000000137. The first kappa shape index (κ1) is 50.4. The molecular formula is C78H48N8O2. The van der Waals surface area contributed by atoms with Crippen molar-refractivity contribution >= 4 is 87.5 Å². The lowest BCUT2D eigenvalue weighted by Gasteiger charge is -2.12. The van der Waals surface area contributed by atoms with Crippen LogP contribution in [0.25, 0.3) is 167 Å². The van der Waals surface area contributed by atoms with E-state index in [-0.39, 0.29) is 0 Å². The van der Waals surface area contributed by atoms with Crippen LogP contribution in [0.4, 0.5) is 0 Å². The van der Waals surface area contributed by atoms with Gasteiger partial charge in [-0.05, 0) is 95.7 Å². The van der Waals surface area contributed by atoms with Crippen LogP contribution < -0.4 is 0 Å². The molecule has 6 heterocycles. The number of hydrogen-bond donors (Lipinski definition) is 0. The fraction of sp³-hybridized carbons (Fsp3) is 0. The van der Waals surface area contributed by atoms with Crippen molar-refractivity contribution in [2.45, 2.75) is 0 Å². The van der Waals surface area contributed by atoms with Crippen molar-refractivity contribution in [3.8, 4) is 79.7 Å². The summed E-state index contributed by atoms with van der Waals surface area (Å²) in [6.07, 6.45) is 0. The number of para-hydroxylation sites is 2. The van der Waals surface area contributed by atoms with Crippen molar-refractivity contribution in [2.75, 3.05) is 0 Å². The fourth-order valence-electron chi connectivity index (χ4n) is 12.5. The molecule has 18 rings (SSSR count). The average Bonchev–Trinajstić information content (AvgIpc) is 1.64. The first-order valence-electron chi connectivity index (χ1n) is 29.3. The minimum Gasteiger partial charge on any atom is -0.456 e. The van der Waals surface area contributed by atoms with Crippen molar-refractivity contribution in [3.05, 3.63) is 291 Å². The van der Waals surface area contributed by atoms with Gasteiger partial charge in [0.15, 0.2) is 34.9 Å². The van der Waals surface area contributed by atoms with Crippen LogP contribution in [-0.2, 0) is 0 Å². The summed E-state index contributed by atoms with van der Waals surface area (Å²) in [6.45, 7) is 0.